The van der Waals surface area contributed by atoms with E-state index in [4.69, 9.17) is 5.73 Å². The minimum atomic E-state index is -0.440. The van der Waals surface area contributed by atoms with Crippen molar-refractivity contribution in [2.75, 3.05) is 16.4 Å². The second-order valence-corrected chi connectivity index (χ2v) is 7.85. The van der Waals surface area contributed by atoms with Gasteiger partial charge in [0.1, 0.15) is 22.8 Å². The quantitative estimate of drug-likeness (QED) is 0.400. The number of nitrogens with one attached hydrogen (secondary N) is 2. The van der Waals surface area contributed by atoms with E-state index < -0.39 is 6.03 Å². The van der Waals surface area contributed by atoms with E-state index in [9.17, 15) is 9.18 Å². The zero-order chi connectivity index (χ0) is 21.3. The number of urea groups is 1. The van der Waals surface area contributed by atoms with Gasteiger partial charge in [-0.25, -0.2) is 19.2 Å². The molecule has 0 bridgehead atoms. The minimum absolute atomic E-state index is 0.366. The number of aromatic nitrogens is 2. The lowest BCUT2D eigenvalue weighted by atomic mass is 10.0. The normalized spacial score (nSPS) is 10.9. The summed E-state index contributed by atoms with van der Waals surface area (Å²) in [6, 6.07) is 11.6. The van der Waals surface area contributed by atoms with E-state index >= 15 is 0 Å². The molecule has 2 heterocycles. The predicted octanol–water partition coefficient (Wildman–Crippen LogP) is 5.59. The van der Waals surface area contributed by atoms with Gasteiger partial charge < -0.3 is 16.4 Å². The molecular weight excluding hydrogens is 401 g/mol. The van der Waals surface area contributed by atoms with Gasteiger partial charge in [-0.3, -0.25) is 0 Å². The Kier molecular flexibility index (Phi) is 5.33. The highest BCUT2D eigenvalue weighted by Gasteiger charge is 2.17. The maximum absolute atomic E-state index is 13.6. The Morgan fingerprint density at radius 2 is 1.90 bits per heavy atom. The molecule has 2 amide bonds. The van der Waals surface area contributed by atoms with Crippen molar-refractivity contribution in [3.8, 4) is 11.1 Å². The topological polar surface area (TPSA) is 92.9 Å². The second-order valence-electron chi connectivity index (χ2n) is 6.76. The molecule has 0 saturated carbocycles. The molecule has 4 rings (SSSR count). The van der Waals surface area contributed by atoms with Crippen molar-refractivity contribution in [2.24, 2.45) is 0 Å². The van der Waals surface area contributed by atoms with Crippen LogP contribution in [0.4, 0.5) is 26.4 Å². The van der Waals surface area contributed by atoms with Gasteiger partial charge in [0.2, 0.25) is 0 Å². The van der Waals surface area contributed by atoms with Crippen LogP contribution in [0.25, 0.3) is 21.3 Å². The van der Waals surface area contributed by atoms with Crippen molar-refractivity contribution in [3.05, 3.63) is 65.0 Å². The van der Waals surface area contributed by atoms with E-state index in [2.05, 4.69) is 27.5 Å². The van der Waals surface area contributed by atoms with Crippen molar-refractivity contribution >= 4 is 44.8 Å². The minimum Gasteiger partial charge on any atom is -0.383 e. The fourth-order valence-corrected chi connectivity index (χ4v) is 4.41. The van der Waals surface area contributed by atoms with E-state index in [0.717, 1.165) is 27.8 Å². The maximum atomic E-state index is 13.6. The van der Waals surface area contributed by atoms with Crippen LogP contribution in [-0.4, -0.2) is 16.0 Å². The Morgan fingerprint density at radius 3 is 2.63 bits per heavy atom. The molecule has 2 aromatic carbocycles. The lowest BCUT2D eigenvalue weighted by Crippen LogP contribution is -2.20. The Hall–Kier alpha value is -3.52. The highest BCUT2D eigenvalue weighted by Crippen LogP contribution is 2.40. The van der Waals surface area contributed by atoms with Crippen LogP contribution < -0.4 is 16.4 Å². The molecule has 0 aliphatic heterocycles. The molecule has 152 valence electrons. The number of thiophene rings is 1. The van der Waals surface area contributed by atoms with E-state index in [1.807, 2.05) is 24.3 Å². The lowest BCUT2D eigenvalue weighted by molar-refractivity contribution is 0.262. The number of rotatable bonds is 4. The third-order valence-corrected chi connectivity index (χ3v) is 6.10. The highest BCUT2D eigenvalue weighted by molar-refractivity contribution is 7.19. The van der Waals surface area contributed by atoms with Crippen molar-refractivity contribution in [1.82, 2.24) is 9.97 Å². The Labute approximate surface area is 177 Å². The van der Waals surface area contributed by atoms with Crippen LogP contribution >= 0.6 is 11.3 Å². The third-order valence-electron chi connectivity index (χ3n) is 4.86. The zero-order valence-electron chi connectivity index (χ0n) is 16.5. The van der Waals surface area contributed by atoms with E-state index in [1.165, 1.54) is 17.3 Å². The zero-order valence-corrected chi connectivity index (χ0v) is 17.3. The van der Waals surface area contributed by atoms with Gasteiger partial charge in [-0.05, 0) is 43.2 Å². The van der Waals surface area contributed by atoms with Crippen LogP contribution in [0.5, 0.6) is 0 Å². The fourth-order valence-electron chi connectivity index (χ4n) is 3.30. The second kappa shape index (κ2) is 8.08. The summed E-state index contributed by atoms with van der Waals surface area (Å²) in [6.07, 6.45) is 2.33. The van der Waals surface area contributed by atoms with E-state index in [0.29, 0.717) is 22.8 Å². The molecular formula is C22H20FN5OS. The highest BCUT2D eigenvalue weighted by atomic mass is 32.1. The summed E-state index contributed by atoms with van der Waals surface area (Å²) >= 11 is 1.61. The summed E-state index contributed by atoms with van der Waals surface area (Å²) in [7, 11) is 0. The number of nitrogens with zero attached hydrogens (tertiary/aromatic N) is 2. The molecule has 2 aromatic heterocycles. The Morgan fingerprint density at radius 1 is 1.13 bits per heavy atom. The molecule has 4 N–H and O–H groups in total. The average Bonchev–Trinajstić information content (AvgIpc) is 3.12. The third kappa shape index (κ3) is 3.69. The molecule has 4 aromatic rings. The number of halogens is 1. The molecule has 0 aliphatic carbocycles. The average molecular weight is 422 g/mol. The number of nitrogen functional groups attached to an aromatic ring is 1. The molecule has 0 spiro atoms. The van der Waals surface area contributed by atoms with Crippen LogP contribution in [0, 0.1) is 12.7 Å². The molecule has 0 fully saturated rings. The van der Waals surface area contributed by atoms with Gasteiger partial charge in [0.05, 0.1) is 5.39 Å². The number of carbonyl (C=O) groups is 1. The Bertz CT molecular complexity index is 1240. The van der Waals surface area contributed by atoms with Crippen molar-refractivity contribution in [2.45, 2.75) is 20.3 Å². The van der Waals surface area contributed by atoms with Gasteiger partial charge in [0, 0.05) is 27.4 Å². The fraction of sp³-hybridized carbons (Fsp3) is 0.136. The standard InChI is InChI=1S/C22H20FN5OS/c1-3-17-18(19-20(24)25-11-26-21(19)30-17)13-7-9-14(10-8-13)27-22(29)28-16-6-4-5-15(23)12(16)2/h4-11H,3H2,1-2H3,(H2,24,25,26)(H2,27,28,29). The number of carbonyl (C=O) groups excluding carboxylic acids is 1. The summed E-state index contributed by atoms with van der Waals surface area (Å²) in [5, 5.41) is 6.30. The SMILES string of the molecule is CCc1sc2ncnc(N)c2c1-c1ccc(NC(=O)Nc2cccc(F)c2C)cc1. The molecule has 0 aliphatic rings. The number of aryl methyl sites for hydroxylation is 1. The number of nitrogens with two attached hydrogens (primary N) is 1. The summed E-state index contributed by atoms with van der Waals surface area (Å²) in [4.78, 5) is 22.8. The molecule has 0 radical (unpaired) electrons. The van der Waals surface area contributed by atoms with Gasteiger partial charge >= 0.3 is 6.03 Å². The number of benzene rings is 2. The molecule has 0 atom stereocenters. The van der Waals surface area contributed by atoms with Gasteiger partial charge in [0.15, 0.2) is 0 Å². The lowest BCUT2D eigenvalue weighted by Gasteiger charge is -2.11. The first-order chi connectivity index (χ1) is 14.5. The van der Waals surface area contributed by atoms with Gasteiger partial charge in [-0.1, -0.05) is 25.1 Å². The Balaban J connectivity index is 1.57. The van der Waals surface area contributed by atoms with Crippen LogP contribution in [0.1, 0.15) is 17.4 Å². The van der Waals surface area contributed by atoms with Crippen molar-refractivity contribution in [3.63, 3.8) is 0 Å². The number of fused-ring (bicyclic) bond motifs is 1. The van der Waals surface area contributed by atoms with Gasteiger partial charge in [-0.2, -0.15) is 0 Å². The van der Waals surface area contributed by atoms with Crippen LogP contribution in [0.2, 0.25) is 0 Å². The molecule has 30 heavy (non-hydrogen) atoms. The first-order valence-corrected chi connectivity index (χ1v) is 10.2. The van der Waals surface area contributed by atoms with E-state index in [1.54, 1.807) is 30.4 Å². The largest absolute Gasteiger partial charge is 0.383 e. The number of anilines is 3. The van der Waals surface area contributed by atoms with Gasteiger partial charge in [-0.15, -0.1) is 11.3 Å². The smallest absolute Gasteiger partial charge is 0.323 e. The van der Waals surface area contributed by atoms with Crippen molar-refractivity contribution in [1.29, 1.82) is 0 Å². The summed E-state index contributed by atoms with van der Waals surface area (Å²) in [5.74, 6) is 0.0908. The van der Waals surface area contributed by atoms with Crippen LogP contribution in [-0.2, 0) is 6.42 Å². The van der Waals surface area contributed by atoms with Gasteiger partial charge in [0.25, 0.3) is 0 Å². The number of hydrogen-bond donors (Lipinski definition) is 3. The number of amides is 2. The first-order valence-electron chi connectivity index (χ1n) is 9.43. The van der Waals surface area contributed by atoms with Crippen LogP contribution in [0.3, 0.4) is 0 Å². The van der Waals surface area contributed by atoms with Crippen molar-refractivity contribution < 1.29 is 9.18 Å². The molecule has 0 saturated heterocycles. The molecule has 0 unspecified atom stereocenters. The summed E-state index contributed by atoms with van der Waals surface area (Å²) in [5.41, 5.74) is 9.56. The monoisotopic (exact) mass is 421 g/mol. The van der Waals surface area contributed by atoms with Crippen LogP contribution in [0.15, 0.2) is 48.8 Å². The molecule has 8 heteroatoms. The van der Waals surface area contributed by atoms with E-state index in [-0.39, 0.29) is 5.82 Å². The first kappa shape index (κ1) is 19.8. The summed E-state index contributed by atoms with van der Waals surface area (Å²) in [6.45, 7) is 3.71. The number of hydrogen-bond acceptors (Lipinski definition) is 5. The predicted molar refractivity (Wildman–Crippen MR) is 120 cm³/mol. The maximum Gasteiger partial charge on any atom is 0.323 e. The summed E-state index contributed by atoms with van der Waals surface area (Å²) < 4.78 is 13.6. The molecule has 6 nitrogen and oxygen atoms in total.